The Labute approximate surface area is 94.9 Å². The van der Waals surface area contributed by atoms with Gasteiger partial charge < -0.3 is 10.8 Å². The Balaban J connectivity index is 0.000000980. The van der Waals surface area contributed by atoms with Crippen LogP contribution in [0.4, 0.5) is 0 Å². The number of aromatic hydroxyl groups is 1. The zero-order valence-corrected chi connectivity index (χ0v) is 9.78. The topological polar surface area (TPSA) is 46.2 Å². The van der Waals surface area contributed by atoms with Crippen LogP contribution in [0.2, 0.25) is 0 Å². The van der Waals surface area contributed by atoms with Gasteiger partial charge >= 0.3 is 0 Å². The molecule has 1 unspecified atom stereocenters. The average molecular weight is 258 g/mol. The number of benzene rings is 1. The van der Waals surface area contributed by atoms with Crippen molar-refractivity contribution in [3.8, 4) is 5.75 Å². The number of phenolic OH excluding ortho intramolecular Hbond substituents is 1. The number of hydrogen-bond donors (Lipinski definition) is 2. The molecular weight excluding hydrogens is 242 g/mol. The summed E-state index contributed by atoms with van der Waals surface area (Å²) in [7, 11) is 0. The van der Waals surface area contributed by atoms with E-state index in [1.54, 1.807) is 6.07 Å². The molecule has 0 amide bonds. The Kier molecular flexibility index (Phi) is 3.96. The summed E-state index contributed by atoms with van der Waals surface area (Å²) in [6.45, 7) is 0.759. The maximum absolute atomic E-state index is 9.58. The maximum atomic E-state index is 9.58. The average Bonchev–Trinajstić information content (AvgIpc) is 2.18. The smallest absolute Gasteiger partial charge is 0.119 e. The highest BCUT2D eigenvalue weighted by atomic mass is 79.9. The third-order valence-corrected chi connectivity index (χ3v) is 2.89. The highest BCUT2D eigenvalue weighted by molar-refractivity contribution is 8.93. The molecule has 1 atom stereocenters. The van der Waals surface area contributed by atoms with E-state index in [4.69, 9.17) is 5.73 Å². The normalized spacial score (nSPS) is 19.6. The first kappa shape index (κ1) is 11.5. The second-order valence-corrected chi connectivity index (χ2v) is 3.76. The fourth-order valence-corrected chi connectivity index (χ4v) is 2.06. The molecule has 0 spiro atoms. The molecule has 1 aliphatic rings. The minimum atomic E-state index is 0. The number of hydrogen-bond acceptors (Lipinski definition) is 2. The van der Waals surface area contributed by atoms with Gasteiger partial charge in [-0.05, 0) is 48.9 Å². The Hall–Kier alpha value is -0.540. The highest BCUT2D eigenvalue weighted by Gasteiger charge is 2.19. The molecule has 0 heterocycles. The summed E-state index contributed by atoms with van der Waals surface area (Å²) in [4.78, 5) is 0. The third-order valence-electron chi connectivity index (χ3n) is 2.89. The molecule has 0 saturated carbocycles. The lowest BCUT2D eigenvalue weighted by Gasteiger charge is -2.23. The third kappa shape index (κ3) is 2.10. The van der Waals surface area contributed by atoms with Gasteiger partial charge in [0.05, 0.1) is 0 Å². The molecule has 0 saturated heterocycles. The van der Waals surface area contributed by atoms with Crippen molar-refractivity contribution in [3.05, 3.63) is 29.3 Å². The van der Waals surface area contributed by atoms with E-state index in [0.29, 0.717) is 11.7 Å². The van der Waals surface area contributed by atoms with E-state index in [9.17, 15) is 5.11 Å². The van der Waals surface area contributed by atoms with Crippen LogP contribution in [0, 0.1) is 5.92 Å². The molecular formula is C11H16BrNO. The van der Waals surface area contributed by atoms with Gasteiger partial charge in [0, 0.05) is 0 Å². The van der Waals surface area contributed by atoms with Crippen molar-refractivity contribution >= 4 is 17.0 Å². The van der Waals surface area contributed by atoms with E-state index in [0.717, 1.165) is 31.4 Å². The predicted molar refractivity (Wildman–Crippen MR) is 63.0 cm³/mol. The summed E-state index contributed by atoms with van der Waals surface area (Å²) in [5.74, 6) is 1.06. The monoisotopic (exact) mass is 257 g/mol. The molecule has 0 aromatic heterocycles. The summed E-state index contributed by atoms with van der Waals surface area (Å²) in [5, 5.41) is 9.58. The summed E-state index contributed by atoms with van der Waals surface area (Å²) in [5.41, 5.74) is 8.05. The summed E-state index contributed by atoms with van der Waals surface area (Å²) in [6, 6.07) is 5.77. The van der Waals surface area contributed by atoms with E-state index in [1.165, 1.54) is 5.56 Å². The number of fused-ring (bicyclic) bond motifs is 1. The van der Waals surface area contributed by atoms with Crippen LogP contribution in [0.15, 0.2) is 18.2 Å². The van der Waals surface area contributed by atoms with Crippen molar-refractivity contribution in [1.29, 1.82) is 0 Å². The van der Waals surface area contributed by atoms with E-state index < -0.39 is 0 Å². The Bertz CT molecular complexity index is 314. The van der Waals surface area contributed by atoms with Crippen molar-refractivity contribution in [1.82, 2.24) is 0 Å². The van der Waals surface area contributed by atoms with Gasteiger partial charge in [-0.3, -0.25) is 0 Å². The SMILES string of the molecule is Br.NCC1CCc2c(O)cccc2C1. The van der Waals surface area contributed by atoms with Crippen molar-refractivity contribution in [3.63, 3.8) is 0 Å². The van der Waals surface area contributed by atoms with E-state index in [2.05, 4.69) is 6.07 Å². The van der Waals surface area contributed by atoms with Crippen molar-refractivity contribution in [2.45, 2.75) is 19.3 Å². The van der Waals surface area contributed by atoms with Crippen molar-refractivity contribution in [2.24, 2.45) is 11.7 Å². The van der Waals surface area contributed by atoms with Crippen LogP contribution >= 0.6 is 17.0 Å². The molecule has 78 valence electrons. The summed E-state index contributed by atoms with van der Waals surface area (Å²) >= 11 is 0. The number of halogens is 1. The number of phenols is 1. The standard InChI is InChI=1S/C11H15NO.BrH/c12-7-8-4-5-10-9(6-8)2-1-3-11(10)13;/h1-3,8,13H,4-7,12H2;1H. The molecule has 3 N–H and O–H groups in total. The number of rotatable bonds is 1. The highest BCUT2D eigenvalue weighted by Crippen LogP contribution is 2.30. The van der Waals surface area contributed by atoms with Gasteiger partial charge in [0.2, 0.25) is 0 Å². The van der Waals surface area contributed by atoms with Crippen LogP contribution < -0.4 is 5.73 Å². The first-order chi connectivity index (χ1) is 6.31. The Morgan fingerprint density at radius 3 is 2.93 bits per heavy atom. The minimum absolute atomic E-state index is 0. The lowest BCUT2D eigenvalue weighted by atomic mass is 9.83. The second-order valence-electron chi connectivity index (χ2n) is 3.76. The Morgan fingerprint density at radius 1 is 1.43 bits per heavy atom. The molecule has 14 heavy (non-hydrogen) atoms. The van der Waals surface area contributed by atoms with Gasteiger partial charge in [0.1, 0.15) is 5.75 Å². The summed E-state index contributed by atoms with van der Waals surface area (Å²) < 4.78 is 0. The Morgan fingerprint density at radius 2 is 2.21 bits per heavy atom. The van der Waals surface area contributed by atoms with Gasteiger partial charge in [-0.25, -0.2) is 0 Å². The lowest BCUT2D eigenvalue weighted by Crippen LogP contribution is -2.22. The lowest BCUT2D eigenvalue weighted by molar-refractivity contribution is 0.433. The minimum Gasteiger partial charge on any atom is -0.508 e. The molecule has 1 aromatic carbocycles. The molecule has 0 aliphatic heterocycles. The van der Waals surface area contributed by atoms with Crippen LogP contribution in [0.5, 0.6) is 5.75 Å². The molecule has 1 aromatic rings. The summed E-state index contributed by atoms with van der Waals surface area (Å²) in [6.07, 6.45) is 3.12. The quantitative estimate of drug-likeness (QED) is 0.809. The molecule has 0 bridgehead atoms. The van der Waals surface area contributed by atoms with Gasteiger partial charge in [-0.2, -0.15) is 0 Å². The largest absolute Gasteiger partial charge is 0.508 e. The van der Waals surface area contributed by atoms with Crippen molar-refractivity contribution < 1.29 is 5.11 Å². The fourth-order valence-electron chi connectivity index (χ4n) is 2.06. The molecule has 0 fully saturated rings. The van der Waals surface area contributed by atoms with Gasteiger partial charge in [0.15, 0.2) is 0 Å². The predicted octanol–water partition coefficient (Wildman–Crippen LogP) is 2.03. The maximum Gasteiger partial charge on any atom is 0.119 e. The van der Waals surface area contributed by atoms with Gasteiger partial charge in [-0.1, -0.05) is 12.1 Å². The van der Waals surface area contributed by atoms with E-state index in [1.807, 2.05) is 6.07 Å². The van der Waals surface area contributed by atoms with E-state index in [-0.39, 0.29) is 17.0 Å². The van der Waals surface area contributed by atoms with Crippen LogP contribution in [0.3, 0.4) is 0 Å². The van der Waals surface area contributed by atoms with Crippen LogP contribution in [0.1, 0.15) is 17.5 Å². The second kappa shape index (κ2) is 4.80. The first-order valence-electron chi connectivity index (χ1n) is 4.81. The molecule has 0 radical (unpaired) electrons. The molecule has 3 heteroatoms. The first-order valence-corrected chi connectivity index (χ1v) is 4.81. The fraction of sp³-hybridized carbons (Fsp3) is 0.455. The van der Waals surface area contributed by atoms with Crippen LogP contribution in [0.25, 0.3) is 0 Å². The van der Waals surface area contributed by atoms with Crippen molar-refractivity contribution in [2.75, 3.05) is 6.54 Å². The molecule has 2 rings (SSSR count). The van der Waals surface area contributed by atoms with E-state index >= 15 is 0 Å². The van der Waals surface area contributed by atoms with Gasteiger partial charge in [-0.15, -0.1) is 17.0 Å². The van der Waals surface area contributed by atoms with Crippen LogP contribution in [-0.4, -0.2) is 11.7 Å². The zero-order chi connectivity index (χ0) is 9.26. The molecule has 1 aliphatic carbocycles. The van der Waals surface area contributed by atoms with Crippen LogP contribution in [-0.2, 0) is 12.8 Å². The zero-order valence-electron chi connectivity index (χ0n) is 8.07. The molecule has 2 nitrogen and oxygen atoms in total. The number of nitrogens with two attached hydrogens (primary N) is 1. The van der Waals surface area contributed by atoms with Gasteiger partial charge in [0.25, 0.3) is 0 Å².